The van der Waals surface area contributed by atoms with Gasteiger partial charge in [0.1, 0.15) is 0 Å². The Labute approximate surface area is 133 Å². The summed E-state index contributed by atoms with van der Waals surface area (Å²) in [6.45, 7) is 2.74. The Bertz CT molecular complexity index is 535. The van der Waals surface area contributed by atoms with Crippen LogP contribution in [0.2, 0.25) is 0 Å². The molecule has 0 unspecified atom stereocenters. The molecule has 4 nitrogen and oxygen atoms in total. The van der Waals surface area contributed by atoms with E-state index >= 15 is 0 Å². The lowest BCUT2D eigenvalue weighted by Crippen LogP contribution is -2.42. The van der Waals surface area contributed by atoms with Crippen molar-refractivity contribution in [2.24, 2.45) is 0 Å². The number of benzene rings is 1. The van der Waals surface area contributed by atoms with E-state index in [0.29, 0.717) is 6.04 Å². The molecule has 0 aromatic heterocycles. The van der Waals surface area contributed by atoms with Crippen LogP contribution in [0.3, 0.4) is 0 Å². The average Bonchev–Trinajstić information content (AvgIpc) is 3.17. The van der Waals surface area contributed by atoms with E-state index in [4.69, 9.17) is 0 Å². The highest BCUT2D eigenvalue weighted by atomic mass is 16.2. The summed E-state index contributed by atoms with van der Waals surface area (Å²) in [6.07, 6.45) is 5.85. The van der Waals surface area contributed by atoms with Crippen LogP contribution in [0.5, 0.6) is 0 Å². The molecular formula is C18H27N3O. The molecule has 1 heterocycles. The Kier molecular flexibility index (Phi) is 4.67. The zero-order valence-electron chi connectivity index (χ0n) is 13.8. The molecule has 1 aliphatic heterocycles. The second kappa shape index (κ2) is 6.69. The molecule has 1 fully saturated rings. The first kappa shape index (κ1) is 15.3. The average molecular weight is 301 g/mol. The number of fused-ring (bicyclic) bond motifs is 1. The van der Waals surface area contributed by atoms with Crippen molar-refractivity contribution in [1.29, 1.82) is 0 Å². The molecular weight excluding hydrogens is 274 g/mol. The smallest absolute Gasteiger partial charge is 0.254 e. The molecule has 0 spiro atoms. The molecule has 1 amide bonds. The highest BCUT2D eigenvalue weighted by Gasteiger charge is 2.27. The fraction of sp³-hybridized carbons (Fsp3) is 0.611. The van der Waals surface area contributed by atoms with Crippen molar-refractivity contribution < 1.29 is 4.79 Å². The molecule has 2 aliphatic rings. The van der Waals surface area contributed by atoms with Gasteiger partial charge in [-0.3, -0.25) is 4.79 Å². The monoisotopic (exact) mass is 301 g/mol. The fourth-order valence-corrected chi connectivity index (χ4v) is 3.58. The Morgan fingerprint density at radius 2 is 2.00 bits per heavy atom. The van der Waals surface area contributed by atoms with Crippen LogP contribution in [0.4, 0.5) is 5.69 Å². The lowest BCUT2D eigenvalue weighted by atomic mass is 10.1. The molecule has 3 rings (SSSR count). The number of carbonyl (C=O) groups is 1. The molecule has 0 radical (unpaired) electrons. The van der Waals surface area contributed by atoms with Crippen molar-refractivity contribution >= 4 is 11.6 Å². The molecule has 0 atom stereocenters. The SMILES string of the molecule is CN(C)CCN(C(=O)c1ccc2c(c1)CCN2)C1CCCC1. The molecule has 1 aromatic rings. The Hall–Kier alpha value is -1.55. The molecule has 4 heteroatoms. The Morgan fingerprint density at radius 3 is 2.73 bits per heavy atom. The maximum absolute atomic E-state index is 13.0. The molecule has 0 bridgehead atoms. The van der Waals surface area contributed by atoms with Crippen LogP contribution in [-0.2, 0) is 6.42 Å². The van der Waals surface area contributed by atoms with Crippen molar-refractivity contribution in [2.75, 3.05) is 39.0 Å². The quantitative estimate of drug-likeness (QED) is 0.908. The first-order valence-corrected chi connectivity index (χ1v) is 8.47. The van der Waals surface area contributed by atoms with E-state index in [1.807, 2.05) is 6.07 Å². The summed E-state index contributed by atoms with van der Waals surface area (Å²) < 4.78 is 0. The van der Waals surface area contributed by atoms with E-state index in [9.17, 15) is 4.79 Å². The number of amides is 1. The third-order valence-electron chi connectivity index (χ3n) is 4.88. The van der Waals surface area contributed by atoms with Crippen LogP contribution in [0, 0.1) is 0 Å². The summed E-state index contributed by atoms with van der Waals surface area (Å²) in [7, 11) is 4.14. The van der Waals surface area contributed by atoms with Gasteiger partial charge in [-0.2, -0.15) is 0 Å². The highest BCUT2D eigenvalue weighted by Crippen LogP contribution is 2.27. The van der Waals surface area contributed by atoms with Gasteiger partial charge in [0.25, 0.3) is 5.91 Å². The number of anilines is 1. The maximum Gasteiger partial charge on any atom is 0.254 e. The molecule has 1 saturated carbocycles. The minimum absolute atomic E-state index is 0.212. The van der Waals surface area contributed by atoms with Crippen LogP contribution in [0.25, 0.3) is 0 Å². The van der Waals surface area contributed by atoms with Gasteiger partial charge in [-0.1, -0.05) is 12.8 Å². The number of carbonyl (C=O) groups excluding carboxylic acids is 1. The Morgan fingerprint density at radius 1 is 1.23 bits per heavy atom. The first-order valence-electron chi connectivity index (χ1n) is 8.47. The zero-order chi connectivity index (χ0) is 15.5. The van der Waals surface area contributed by atoms with Gasteiger partial charge in [0.2, 0.25) is 0 Å². The molecule has 1 aliphatic carbocycles. The molecule has 1 aromatic carbocycles. The zero-order valence-corrected chi connectivity index (χ0v) is 13.8. The number of nitrogens with one attached hydrogen (secondary N) is 1. The summed E-state index contributed by atoms with van der Waals surface area (Å²) in [5.74, 6) is 0.212. The first-order chi connectivity index (χ1) is 10.6. The van der Waals surface area contributed by atoms with Crippen LogP contribution >= 0.6 is 0 Å². The summed E-state index contributed by atoms with van der Waals surface area (Å²) >= 11 is 0. The lowest BCUT2D eigenvalue weighted by molar-refractivity contribution is 0.0667. The van der Waals surface area contributed by atoms with Crippen molar-refractivity contribution in [2.45, 2.75) is 38.1 Å². The molecule has 1 N–H and O–H groups in total. The van der Waals surface area contributed by atoms with Gasteiger partial charge in [-0.15, -0.1) is 0 Å². The Balaban J connectivity index is 1.78. The van der Waals surface area contributed by atoms with Crippen LogP contribution in [0.15, 0.2) is 18.2 Å². The van der Waals surface area contributed by atoms with E-state index in [1.54, 1.807) is 0 Å². The van der Waals surface area contributed by atoms with E-state index in [0.717, 1.165) is 44.5 Å². The lowest BCUT2D eigenvalue weighted by Gasteiger charge is -2.30. The van der Waals surface area contributed by atoms with E-state index in [1.165, 1.54) is 24.1 Å². The second-order valence-electron chi connectivity index (χ2n) is 6.79. The fourth-order valence-electron chi connectivity index (χ4n) is 3.58. The predicted octanol–water partition coefficient (Wildman–Crippen LogP) is 2.60. The summed E-state index contributed by atoms with van der Waals surface area (Å²) in [5.41, 5.74) is 3.33. The standard InChI is InChI=1S/C18H27N3O/c1-20(2)11-12-21(16-5-3-4-6-16)18(22)15-7-8-17-14(13-15)9-10-19-17/h7-8,13,16,19H,3-6,9-12H2,1-2H3. The van der Waals surface area contributed by atoms with Crippen molar-refractivity contribution in [3.63, 3.8) is 0 Å². The van der Waals surface area contributed by atoms with Gasteiger partial charge < -0.3 is 15.1 Å². The third-order valence-corrected chi connectivity index (χ3v) is 4.88. The number of nitrogens with zero attached hydrogens (tertiary/aromatic N) is 2. The molecule has 22 heavy (non-hydrogen) atoms. The molecule has 0 saturated heterocycles. The normalized spacial score (nSPS) is 17.6. The van der Waals surface area contributed by atoms with Crippen molar-refractivity contribution in [3.05, 3.63) is 29.3 Å². The van der Waals surface area contributed by atoms with E-state index < -0.39 is 0 Å². The van der Waals surface area contributed by atoms with Gasteiger partial charge in [0.05, 0.1) is 0 Å². The summed E-state index contributed by atoms with van der Waals surface area (Å²) in [5, 5.41) is 3.36. The van der Waals surface area contributed by atoms with Crippen molar-refractivity contribution in [1.82, 2.24) is 9.80 Å². The largest absolute Gasteiger partial charge is 0.384 e. The number of likely N-dealkylation sites (N-methyl/N-ethyl adjacent to an activating group) is 1. The summed E-state index contributed by atoms with van der Waals surface area (Å²) in [6, 6.07) is 6.57. The van der Waals surface area contributed by atoms with Crippen molar-refractivity contribution in [3.8, 4) is 0 Å². The second-order valence-corrected chi connectivity index (χ2v) is 6.79. The third kappa shape index (κ3) is 3.27. The van der Waals surface area contributed by atoms with E-state index in [2.05, 4.69) is 41.3 Å². The van der Waals surface area contributed by atoms with Gasteiger partial charge in [-0.25, -0.2) is 0 Å². The van der Waals surface area contributed by atoms with Gasteiger partial charge in [0, 0.05) is 36.9 Å². The predicted molar refractivity (Wildman–Crippen MR) is 90.5 cm³/mol. The highest BCUT2D eigenvalue weighted by molar-refractivity contribution is 5.95. The van der Waals surface area contributed by atoms with Gasteiger partial charge >= 0.3 is 0 Å². The topological polar surface area (TPSA) is 35.6 Å². The minimum atomic E-state index is 0.212. The van der Waals surface area contributed by atoms with Gasteiger partial charge in [-0.05, 0) is 57.1 Å². The number of hydrogen-bond donors (Lipinski definition) is 1. The van der Waals surface area contributed by atoms with Gasteiger partial charge in [0.15, 0.2) is 0 Å². The van der Waals surface area contributed by atoms with Crippen LogP contribution < -0.4 is 5.32 Å². The minimum Gasteiger partial charge on any atom is -0.384 e. The van der Waals surface area contributed by atoms with E-state index in [-0.39, 0.29) is 5.91 Å². The number of rotatable bonds is 5. The maximum atomic E-state index is 13.0. The van der Waals surface area contributed by atoms with Crippen LogP contribution in [-0.4, -0.2) is 55.5 Å². The van der Waals surface area contributed by atoms with Crippen LogP contribution in [0.1, 0.15) is 41.6 Å². The number of hydrogen-bond acceptors (Lipinski definition) is 3. The summed E-state index contributed by atoms with van der Waals surface area (Å²) in [4.78, 5) is 17.3. The molecule has 120 valence electrons.